The first-order valence-electron chi connectivity index (χ1n) is 10.2. The maximum absolute atomic E-state index is 12.1. The molecule has 0 aliphatic rings. The third-order valence-corrected chi connectivity index (χ3v) is 5.25. The average Bonchev–Trinajstić information content (AvgIpc) is 3.08. The number of nitrogens with one attached hydrogen (secondary N) is 1. The van der Waals surface area contributed by atoms with Crippen LogP contribution in [0, 0.1) is 5.92 Å². The first kappa shape index (κ1) is 21.2. The number of aliphatic hydroxyl groups is 1. The molecule has 2 aromatic rings. The minimum Gasteiger partial charge on any atom is -0.481 e. The van der Waals surface area contributed by atoms with Crippen LogP contribution in [0.25, 0.3) is 10.9 Å². The molecule has 1 aromatic carbocycles. The van der Waals surface area contributed by atoms with Gasteiger partial charge in [-0.2, -0.15) is 0 Å². The SMILES string of the molecule is CCCCCC(O)C=CC(C(=O)O)C(CCCC)c1c[nH]c2ccccc12. The minimum atomic E-state index is -0.835. The molecule has 148 valence electrons. The Labute approximate surface area is 162 Å². The van der Waals surface area contributed by atoms with Crippen LogP contribution in [0.15, 0.2) is 42.6 Å². The molecule has 0 amide bonds. The van der Waals surface area contributed by atoms with Gasteiger partial charge >= 0.3 is 5.97 Å². The van der Waals surface area contributed by atoms with E-state index in [1.165, 1.54) is 0 Å². The highest BCUT2D eigenvalue weighted by Gasteiger charge is 2.29. The number of carboxylic acids is 1. The molecule has 0 fully saturated rings. The van der Waals surface area contributed by atoms with E-state index in [0.717, 1.165) is 55.0 Å². The van der Waals surface area contributed by atoms with Crippen LogP contribution >= 0.6 is 0 Å². The zero-order valence-corrected chi connectivity index (χ0v) is 16.5. The molecule has 3 unspecified atom stereocenters. The first-order chi connectivity index (χ1) is 13.1. The standard InChI is InChI=1S/C23H33NO3/c1-3-5-7-10-17(25)14-15-20(23(26)27)18(11-6-4-2)21-16-24-22-13-9-8-12-19(21)22/h8-9,12-18,20,24-25H,3-7,10-11H2,1-2H3,(H,26,27). The van der Waals surface area contributed by atoms with Crippen molar-refractivity contribution < 1.29 is 15.0 Å². The van der Waals surface area contributed by atoms with Gasteiger partial charge in [-0.15, -0.1) is 0 Å². The fraction of sp³-hybridized carbons (Fsp3) is 0.522. The lowest BCUT2D eigenvalue weighted by molar-refractivity contribution is -0.140. The van der Waals surface area contributed by atoms with Crippen LogP contribution in [0.5, 0.6) is 0 Å². The van der Waals surface area contributed by atoms with Crippen LogP contribution in [0.2, 0.25) is 0 Å². The molecule has 1 heterocycles. The third kappa shape index (κ3) is 5.96. The number of aliphatic carboxylic acids is 1. The largest absolute Gasteiger partial charge is 0.481 e. The minimum absolute atomic E-state index is 0.113. The van der Waals surface area contributed by atoms with Gasteiger partial charge in [0.15, 0.2) is 0 Å². The monoisotopic (exact) mass is 371 g/mol. The number of H-pyrrole nitrogens is 1. The fourth-order valence-corrected chi connectivity index (χ4v) is 3.69. The van der Waals surface area contributed by atoms with Crippen molar-refractivity contribution in [1.29, 1.82) is 0 Å². The highest BCUT2D eigenvalue weighted by Crippen LogP contribution is 2.36. The highest BCUT2D eigenvalue weighted by molar-refractivity contribution is 5.85. The molecule has 0 spiro atoms. The predicted octanol–water partition coefficient (Wildman–Crippen LogP) is 5.64. The van der Waals surface area contributed by atoms with E-state index in [1.807, 2.05) is 30.5 Å². The number of hydrogen-bond donors (Lipinski definition) is 3. The molecule has 0 radical (unpaired) electrons. The summed E-state index contributed by atoms with van der Waals surface area (Å²) in [6.45, 7) is 4.25. The number of unbranched alkanes of at least 4 members (excludes halogenated alkanes) is 3. The Morgan fingerprint density at radius 3 is 2.52 bits per heavy atom. The summed E-state index contributed by atoms with van der Waals surface area (Å²) in [7, 11) is 0. The van der Waals surface area contributed by atoms with Gasteiger partial charge in [0.1, 0.15) is 0 Å². The molecule has 4 heteroatoms. The third-order valence-electron chi connectivity index (χ3n) is 5.25. The van der Waals surface area contributed by atoms with E-state index in [1.54, 1.807) is 12.2 Å². The summed E-state index contributed by atoms with van der Waals surface area (Å²) in [5, 5.41) is 21.2. The van der Waals surface area contributed by atoms with Crippen molar-refractivity contribution in [2.24, 2.45) is 5.92 Å². The van der Waals surface area contributed by atoms with E-state index < -0.39 is 18.0 Å². The second-order valence-corrected chi connectivity index (χ2v) is 7.35. The molecule has 0 saturated carbocycles. The molecule has 0 aliphatic heterocycles. The van der Waals surface area contributed by atoms with Gasteiger partial charge < -0.3 is 15.2 Å². The van der Waals surface area contributed by atoms with Crippen LogP contribution in [-0.4, -0.2) is 27.3 Å². The molecule has 27 heavy (non-hydrogen) atoms. The Kier molecular flexibility index (Phi) is 8.59. The van der Waals surface area contributed by atoms with Gasteiger partial charge in [-0.1, -0.05) is 76.3 Å². The lowest BCUT2D eigenvalue weighted by Crippen LogP contribution is -2.21. The second-order valence-electron chi connectivity index (χ2n) is 7.35. The summed E-state index contributed by atoms with van der Waals surface area (Å²) in [6, 6.07) is 8.02. The molecule has 0 bridgehead atoms. The number of benzene rings is 1. The smallest absolute Gasteiger partial charge is 0.310 e. The molecular formula is C23H33NO3. The Morgan fingerprint density at radius 1 is 1.07 bits per heavy atom. The number of fused-ring (bicyclic) bond motifs is 1. The van der Waals surface area contributed by atoms with Crippen molar-refractivity contribution in [3.63, 3.8) is 0 Å². The number of rotatable bonds is 12. The molecule has 3 N–H and O–H groups in total. The lowest BCUT2D eigenvalue weighted by atomic mass is 9.81. The number of aromatic amines is 1. The van der Waals surface area contributed by atoms with Crippen LogP contribution in [0.1, 0.15) is 70.3 Å². The summed E-state index contributed by atoms with van der Waals surface area (Å²) in [5.41, 5.74) is 2.08. The normalized spacial score (nSPS) is 15.2. The Balaban J connectivity index is 2.26. The van der Waals surface area contributed by atoms with E-state index in [4.69, 9.17) is 0 Å². The Morgan fingerprint density at radius 2 is 1.81 bits per heavy atom. The number of aromatic nitrogens is 1. The van der Waals surface area contributed by atoms with Crippen LogP contribution in [0.4, 0.5) is 0 Å². The molecule has 4 nitrogen and oxygen atoms in total. The molecule has 3 atom stereocenters. The molecule has 2 rings (SSSR count). The van der Waals surface area contributed by atoms with Crippen LogP contribution in [-0.2, 0) is 4.79 Å². The molecule has 0 aliphatic carbocycles. The van der Waals surface area contributed by atoms with E-state index >= 15 is 0 Å². The van der Waals surface area contributed by atoms with Gasteiger partial charge in [0, 0.05) is 23.0 Å². The van der Waals surface area contributed by atoms with Crippen molar-refractivity contribution in [2.75, 3.05) is 0 Å². The van der Waals surface area contributed by atoms with Gasteiger partial charge in [0.2, 0.25) is 0 Å². The van der Waals surface area contributed by atoms with E-state index in [9.17, 15) is 15.0 Å². The fourth-order valence-electron chi connectivity index (χ4n) is 3.69. The number of aliphatic hydroxyl groups excluding tert-OH is 1. The summed E-state index contributed by atoms with van der Waals surface area (Å²) >= 11 is 0. The maximum Gasteiger partial charge on any atom is 0.310 e. The van der Waals surface area contributed by atoms with Crippen LogP contribution in [0.3, 0.4) is 0 Å². The number of carbonyl (C=O) groups is 1. The predicted molar refractivity (Wildman–Crippen MR) is 111 cm³/mol. The van der Waals surface area contributed by atoms with Gasteiger partial charge in [-0.3, -0.25) is 4.79 Å². The lowest BCUT2D eigenvalue weighted by Gasteiger charge is -2.22. The summed E-state index contributed by atoms with van der Waals surface area (Å²) in [5.74, 6) is -1.59. The number of hydrogen-bond acceptors (Lipinski definition) is 2. The maximum atomic E-state index is 12.1. The average molecular weight is 372 g/mol. The van der Waals surface area contributed by atoms with Gasteiger partial charge in [0.05, 0.1) is 12.0 Å². The van der Waals surface area contributed by atoms with Gasteiger partial charge in [-0.05, 0) is 24.5 Å². The summed E-state index contributed by atoms with van der Waals surface area (Å²) < 4.78 is 0. The highest BCUT2D eigenvalue weighted by atomic mass is 16.4. The molecular weight excluding hydrogens is 338 g/mol. The second kappa shape index (κ2) is 10.9. The van der Waals surface area contributed by atoms with Crippen molar-refractivity contribution in [1.82, 2.24) is 4.98 Å². The van der Waals surface area contributed by atoms with Gasteiger partial charge in [0.25, 0.3) is 0 Å². The quantitative estimate of drug-likeness (QED) is 0.334. The van der Waals surface area contributed by atoms with E-state index in [-0.39, 0.29) is 5.92 Å². The van der Waals surface area contributed by atoms with Crippen molar-refractivity contribution >= 4 is 16.9 Å². The van der Waals surface area contributed by atoms with E-state index in [0.29, 0.717) is 6.42 Å². The molecule has 0 saturated heterocycles. The van der Waals surface area contributed by atoms with Crippen LogP contribution < -0.4 is 0 Å². The number of carboxylic acid groups (broad SMARTS) is 1. The summed E-state index contributed by atoms with van der Waals surface area (Å²) in [6.07, 6.45) is 11.4. The zero-order chi connectivity index (χ0) is 19.6. The Bertz CT molecular complexity index is 734. The van der Waals surface area contributed by atoms with Crippen molar-refractivity contribution in [3.8, 4) is 0 Å². The number of para-hydroxylation sites is 1. The van der Waals surface area contributed by atoms with Crippen molar-refractivity contribution in [3.05, 3.63) is 48.2 Å². The van der Waals surface area contributed by atoms with E-state index in [2.05, 4.69) is 18.8 Å². The Hall–Kier alpha value is -2.07. The van der Waals surface area contributed by atoms with Crippen molar-refractivity contribution in [2.45, 2.75) is 70.8 Å². The zero-order valence-electron chi connectivity index (χ0n) is 16.5. The summed E-state index contributed by atoms with van der Waals surface area (Å²) in [4.78, 5) is 15.3. The molecule has 1 aromatic heterocycles. The van der Waals surface area contributed by atoms with Gasteiger partial charge in [-0.25, -0.2) is 0 Å². The first-order valence-corrected chi connectivity index (χ1v) is 10.2. The topological polar surface area (TPSA) is 73.3 Å².